The lowest BCUT2D eigenvalue weighted by molar-refractivity contribution is -0.126. The molecule has 2 aliphatic rings. The van der Waals surface area contributed by atoms with Crippen LogP contribution in [-0.2, 0) is 11.2 Å². The number of hydrogen-bond donors (Lipinski definition) is 2. The Morgan fingerprint density at radius 1 is 1.07 bits per heavy atom. The van der Waals surface area contributed by atoms with Gasteiger partial charge in [-0.1, -0.05) is 36.4 Å². The highest BCUT2D eigenvalue weighted by Gasteiger charge is 2.30. The van der Waals surface area contributed by atoms with E-state index in [4.69, 9.17) is 4.98 Å². The summed E-state index contributed by atoms with van der Waals surface area (Å²) in [5, 5.41) is 3.35. The number of aromatic nitrogens is 2. The van der Waals surface area contributed by atoms with Gasteiger partial charge in [0.25, 0.3) is 0 Å². The van der Waals surface area contributed by atoms with Crippen molar-refractivity contribution in [2.45, 2.75) is 38.1 Å². The third-order valence-corrected chi connectivity index (χ3v) is 6.15. The molecular weight excluding hydrogens is 348 g/mol. The number of fused-ring (bicyclic) bond motifs is 2. The summed E-state index contributed by atoms with van der Waals surface area (Å²) in [5.41, 5.74) is 4.70. The maximum absolute atomic E-state index is 13.1. The molecule has 0 spiro atoms. The van der Waals surface area contributed by atoms with E-state index >= 15 is 0 Å². The number of benzene rings is 2. The molecule has 1 amide bonds. The normalized spacial score (nSPS) is 22.1. The summed E-state index contributed by atoms with van der Waals surface area (Å²) in [7, 11) is 0. The average Bonchev–Trinajstić information content (AvgIpc) is 3.18. The van der Waals surface area contributed by atoms with Crippen molar-refractivity contribution in [3.63, 3.8) is 0 Å². The standard InChI is InChI=1S/C23H26N4O/c28-22(24-19-13-5-8-16-7-1-2-10-18(16)19)17-9-6-14-27(15-17)23-25-20-11-3-4-12-21(20)26-23/h1-4,7,10-12,17,19H,5-6,8-9,13-15H2,(H,24,28)(H,25,26)/t17-,19+/m1/s1. The van der Waals surface area contributed by atoms with Gasteiger partial charge in [0, 0.05) is 13.1 Å². The molecule has 0 saturated carbocycles. The molecule has 1 aromatic heterocycles. The molecule has 1 fully saturated rings. The van der Waals surface area contributed by atoms with E-state index < -0.39 is 0 Å². The van der Waals surface area contributed by atoms with Crippen molar-refractivity contribution in [1.82, 2.24) is 15.3 Å². The zero-order valence-electron chi connectivity index (χ0n) is 16.0. The molecule has 0 unspecified atom stereocenters. The largest absolute Gasteiger partial charge is 0.349 e. The Kier molecular flexibility index (Phi) is 4.51. The number of aromatic amines is 1. The topological polar surface area (TPSA) is 61.0 Å². The zero-order valence-corrected chi connectivity index (χ0v) is 16.0. The fraction of sp³-hybridized carbons (Fsp3) is 0.391. The molecule has 28 heavy (non-hydrogen) atoms. The number of carbonyl (C=O) groups is 1. The molecular formula is C23H26N4O. The first kappa shape index (κ1) is 17.3. The minimum atomic E-state index is 0.0102. The van der Waals surface area contributed by atoms with E-state index in [1.807, 2.05) is 24.3 Å². The summed E-state index contributed by atoms with van der Waals surface area (Å²) in [6, 6.07) is 16.8. The SMILES string of the molecule is O=C(N[C@H]1CCCc2ccccc21)[C@@H]1CCCN(c2nc3ccccc3[nH]2)C1. The lowest BCUT2D eigenvalue weighted by Crippen LogP contribution is -2.44. The van der Waals surface area contributed by atoms with E-state index in [0.717, 1.165) is 62.2 Å². The third kappa shape index (κ3) is 3.26. The predicted molar refractivity (Wildman–Crippen MR) is 111 cm³/mol. The maximum Gasteiger partial charge on any atom is 0.225 e. The number of para-hydroxylation sites is 2. The summed E-state index contributed by atoms with van der Waals surface area (Å²) in [6.45, 7) is 1.66. The van der Waals surface area contributed by atoms with Crippen molar-refractivity contribution in [1.29, 1.82) is 0 Å². The number of H-pyrrole nitrogens is 1. The van der Waals surface area contributed by atoms with E-state index in [9.17, 15) is 4.79 Å². The van der Waals surface area contributed by atoms with Crippen molar-refractivity contribution in [2.24, 2.45) is 5.92 Å². The molecule has 5 rings (SSSR count). The highest BCUT2D eigenvalue weighted by Crippen LogP contribution is 2.30. The molecule has 0 bridgehead atoms. The second-order valence-electron chi connectivity index (χ2n) is 8.01. The zero-order chi connectivity index (χ0) is 18.9. The molecule has 2 aromatic carbocycles. The Balaban J connectivity index is 1.29. The van der Waals surface area contributed by atoms with Crippen LogP contribution in [0.15, 0.2) is 48.5 Å². The molecule has 5 heteroatoms. The fourth-order valence-corrected chi connectivity index (χ4v) is 4.67. The van der Waals surface area contributed by atoms with Gasteiger partial charge in [0.2, 0.25) is 11.9 Å². The summed E-state index contributed by atoms with van der Waals surface area (Å²) >= 11 is 0. The van der Waals surface area contributed by atoms with Gasteiger partial charge >= 0.3 is 0 Å². The predicted octanol–water partition coefficient (Wildman–Crippen LogP) is 3.97. The van der Waals surface area contributed by atoms with Crippen molar-refractivity contribution < 1.29 is 4.79 Å². The summed E-state index contributed by atoms with van der Waals surface area (Å²) in [6.07, 6.45) is 5.24. The highest BCUT2D eigenvalue weighted by molar-refractivity contribution is 5.81. The minimum Gasteiger partial charge on any atom is -0.349 e. The van der Waals surface area contributed by atoms with Crippen LogP contribution in [0.2, 0.25) is 0 Å². The molecule has 2 atom stereocenters. The van der Waals surface area contributed by atoms with Gasteiger partial charge < -0.3 is 15.2 Å². The van der Waals surface area contributed by atoms with Crippen LogP contribution in [0.25, 0.3) is 11.0 Å². The van der Waals surface area contributed by atoms with Crippen LogP contribution in [0.5, 0.6) is 0 Å². The fourth-order valence-electron chi connectivity index (χ4n) is 4.67. The summed E-state index contributed by atoms with van der Waals surface area (Å²) in [4.78, 5) is 23.4. The quantitative estimate of drug-likeness (QED) is 0.729. The van der Waals surface area contributed by atoms with Crippen LogP contribution in [-0.4, -0.2) is 29.0 Å². The lowest BCUT2D eigenvalue weighted by Gasteiger charge is -2.33. The Labute approximate surface area is 165 Å². The number of nitrogens with one attached hydrogen (secondary N) is 2. The lowest BCUT2D eigenvalue weighted by atomic mass is 9.87. The van der Waals surface area contributed by atoms with Crippen LogP contribution >= 0.6 is 0 Å². The van der Waals surface area contributed by atoms with E-state index in [0.29, 0.717) is 0 Å². The van der Waals surface area contributed by atoms with Crippen LogP contribution < -0.4 is 10.2 Å². The molecule has 144 valence electrons. The molecule has 5 nitrogen and oxygen atoms in total. The Morgan fingerprint density at radius 2 is 1.93 bits per heavy atom. The first-order valence-electron chi connectivity index (χ1n) is 10.4. The number of hydrogen-bond acceptors (Lipinski definition) is 3. The van der Waals surface area contributed by atoms with Crippen LogP contribution in [0, 0.1) is 5.92 Å². The van der Waals surface area contributed by atoms with Crippen LogP contribution in [0.3, 0.4) is 0 Å². The van der Waals surface area contributed by atoms with Crippen molar-refractivity contribution in [2.75, 3.05) is 18.0 Å². The van der Waals surface area contributed by atoms with Crippen molar-refractivity contribution >= 4 is 22.9 Å². The molecule has 1 saturated heterocycles. The second-order valence-corrected chi connectivity index (χ2v) is 8.01. The number of aryl methyl sites for hydroxylation is 1. The van der Waals surface area contributed by atoms with Gasteiger partial charge in [0.15, 0.2) is 0 Å². The van der Waals surface area contributed by atoms with Crippen LogP contribution in [0.1, 0.15) is 42.9 Å². The van der Waals surface area contributed by atoms with Gasteiger partial charge in [-0.25, -0.2) is 4.98 Å². The van der Waals surface area contributed by atoms with Gasteiger partial charge in [0.05, 0.1) is 23.0 Å². The summed E-state index contributed by atoms with van der Waals surface area (Å²) < 4.78 is 0. The van der Waals surface area contributed by atoms with Gasteiger partial charge in [-0.2, -0.15) is 0 Å². The highest BCUT2D eigenvalue weighted by atomic mass is 16.2. The molecule has 1 aliphatic heterocycles. The van der Waals surface area contributed by atoms with Crippen molar-refractivity contribution in [3.05, 3.63) is 59.7 Å². The maximum atomic E-state index is 13.1. The number of piperidine rings is 1. The van der Waals surface area contributed by atoms with Crippen LogP contribution in [0.4, 0.5) is 5.95 Å². The first-order chi connectivity index (χ1) is 13.8. The van der Waals surface area contributed by atoms with E-state index in [1.54, 1.807) is 0 Å². The van der Waals surface area contributed by atoms with E-state index in [-0.39, 0.29) is 17.9 Å². The number of imidazole rings is 1. The number of carbonyl (C=O) groups excluding carboxylic acids is 1. The van der Waals surface area contributed by atoms with Gasteiger partial charge in [-0.3, -0.25) is 4.79 Å². The van der Waals surface area contributed by atoms with E-state index in [1.165, 1.54) is 11.1 Å². The molecule has 3 aromatic rings. The van der Waals surface area contributed by atoms with E-state index in [2.05, 4.69) is 39.5 Å². The first-order valence-corrected chi connectivity index (χ1v) is 10.4. The monoisotopic (exact) mass is 374 g/mol. The molecule has 1 aliphatic carbocycles. The Bertz CT molecular complexity index is 962. The van der Waals surface area contributed by atoms with Gasteiger partial charge in [-0.15, -0.1) is 0 Å². The third-order valence-electron chi connectivity index (χ3n) is 6.15. The number of nitrogens with zero attached hydrogens (tertiary/aromatic N) is 2. The number of rotatable bonds is 3. The Hall–Kier alpha value is -2.82. The molecule has 0 radical (unpaired) electrons. The second kappa shape index (κ2) is 7.30. The molecule has 2 heterocycles. The van der Waals surface area contributed by atoms with Crippen molar-refractivity contribution in [3.8, 4) is 0 Å². The minimum absolute atomic E-state index is 0.0102. The molecule has 2 N–H and O–H groups in total. The number of amides is 1. The average molecular weight is 374 g/mol. The smallest absolute Gasteiger partial charge is 0.225 e. The van der Waals surface area contributed by atoms with Gasteiger partial charge in [0.1, 0.15) is 0 Å². The Morgan fingerprint density at radius 3 is 2.86 bits per heavy atom. The van der Waals surface area contributed by atoms with Gasteiger partial charge in [-0.05, 0) is 55.4 Å². The number of anilines is 1. The summed E-state index contributed by atoms with van der Waals surface area (Å²) in [5.74, 6) is 1.07.